The number of hydrogen-bond donors (Lipinski definition) is 1. The summed E-state index contributed by atoms with van der Waals surface area (Å²) in [6.45, 7) is 11.1. The number of rotatable bonds is 4. The summed E-state index contributed by atoms with van der Waals surface area (Å²) in [6, 6.07) is 0. The van der Waals surface area contributed by atoms with Gasteiger partial charge in [0.05, 0.1) is 5.69 Å². The predicted octanol–water partition coefficient (Wildman–Crippen LogP) is 1.92. The van der Waals surface area contributed by atoms with Gasteiger partial charge in [-0.1, -0.05) is 6.42 Å². The van der Waals surface area contributed by atoms with Crippen molar-refractivity contribution in [2.24, 2.45) is 18.0 Å². The van der Waals surface area contributed by atoms with Crippen LogP contribution in [-0.4, -0.2) is 65.3 Å². The zero-order valence-corrected chi connectivity index (χ0v) is 16.4. The minimum absolute atomic E-state index is 0.776. The first-order chi connectivity index (χ1) is 12.1. The largest absolute Gasteiger partial charge is 0.352 e. The van der Waals surface area contributed by atoms with Crippen LogP contribution in [0.4, 0.5) is 0 Å². The van der Waals surface area contributed by atoms with E-state index >= 15 is 0 Å². The lowest BCUT2D eigenvalue weighted by atomic mass is 10.1. The predicted molar refractivity (Wildman–Crippen MR) is 103 cm³/mol. The molecule has 3 rings (SSSR count). The van der Waals surface area contributed by atoms with Crippen LogP contribution in [-0.2, 0) is 13.6 Å². The summed E-state index contributed by atoms with van der Waals surface area (Å²) in [5.74, 6) is 1.81. The number of nitrogens with one attached hydrogen (secondary N) is 1. The molecule has 1 aromatic heterocycles. The van der Waals surface area contributed by atoms with Crippen LogP contribution in [0, 0.1) is 19.8 Å². The Morgan fingerprint density at radius 1 is 1.20 bits per heavy atom. The topological polar surface area (TPSA) is 48.7 Å². The molecule has 0 saturated carbocycles. The monoisotopic (exact) mass is 346 g/mol. The molecule has 25 heavy (non-hydrogen) atoms. The summed E-state index contributed by atoms with van der Waals surface area (Å²) >= 11 is 0. The Bertz CT molecular complexity index is 599. The van der Waals surface area contributed by atoms with Crippen molar-refractivity contribution in [1.82, 2.24) is 24.9 Å². The van der Waals surface area contributed by atoms with Gasteiger partial charge in [-0.25, -0.2) is 0 Å². The number of hydrogen-bond acceptors (Lipinski definition) is 3. The molecule has 0 spiro atoms. The lowest BCUT2D eigenvalue weighted by molar-refractivity contribution is 0.198. The van der Waals surface area contributed by atoms with Gasteiger partial charge in [0.15, 0.2) is 5.96 Å². The fourth-order valence-corrected chi connectivity index (χ4v) is 4.25. The van der Waals surface area contributed by atoms with Gasteiger partial charge in [0.1, 0.15) is 0 Å². The van der Waals surface area contributed by atoms with Gasteiger partial charge in [0, 0.05) is 51.5 Å². The van der Waals surface area contributed by atoms with E-state index in [-0.39, 0.29) is 0 Å². The summed E-state index contributed by atoms with van der Waals surface area (Å²) in [4.78, 5) is 9.61. The third kappa shape index (κ3) is 4.35. The number of likely N-dealkylation sites (tertiary alicyclic amines) is 2. The number of aromatic nitrogens is 2. The lowest BCUT2D eigenvalue weighted by Gasteiger charge is -2.29. The number of aliphatic imine (C=N–C) groups is 1. The molecule has 6 heteroatoms. The van der Waals surface area contributed by atoms with Crippen molar-refractivity contribution < 1.29 is 0 Å². The van der Waals surface area contributed by atoms with Crippen LogP contribution >= 0.6 is 0 Å². The zero-order valence-electron chi connectivity index (χ0n) is 16.4. The number of guanidine groups is 1. The van der Waals surface area contributed by atoms with Gasteiger partial charge >= 0.3 is 0 Å². The molecule has 0 amide bonds. The molecule has 0 radical (unpaired) electrons. The molecule has 6 nitrogen and oxygen atoms in total. The molecule has 2 aliphatic rings. The van der Waals surface area contributed by atoms with Gasteiger partial charge < -0.3 is 15.1 Å². The Labute approximate surface area is 152 Å². The minimum atomic E-state index is 0.776. The van der Waals surface area contributed by atoms with Gasteiger partial charge in [-0.2, -0.15) is 5.10 Å². The second-order valence-corrected chi connectivity index (χ2v) is 7.64. The van der Waals surface area contributed by atoms with Gasteiger partial charge in [-0.05, 0) is 52.1 Å². The van der Waals surface area contributed by atoms with Crippen LogP contribution in [0.1, 0.15) is 42.6 Å². The molecule has 2 saturated heterocycles. The van der Waals surface area contributed by atoms with Gasteiger partial charge in [0.2, 0.25) is 0 Å². The van der Waals surface area contributed by atoms with Crippen LogP contribution < -0.4 is 5.32 Å². The molecular weight excluding hydrogens is 312 g/mol. The van der Waals surface area contributed by atoms with Crippen molar-refractivity contribution in [3.8, 4) is 0 Å². The van der Waals surface area contributed by atoms with E-state index in [2.05, 4.69) is 39.1 Å². The molecule has 1 unspecified atom stereocenters. The Morgan fingerprint density at radius 3 is 2.60 bits per heavy atom. The van der Waals surface area contributed by atoms with Crippen molar-refractivity contribution in [2.45, 2.75) is 46.1 Å². The first-order valence-corrected chi connectivity index (χ1v) is 9.75. The minimum Gasteiger partial charge on any atom is -0.352 e. The lowest BCUT2D eigenvalue weighted by Crippen LogP contribution is -2.41. The average molecular weight is 347 g/mol. The molecule has 0 aliphatic carbocycles. The maximum Gasteiger partial charge on any atom is 0.193 e. The van der Waals surface area contributed by atoms with Crippen LogP contribution in [0.3, 0.4) is 0 Å². The summed E-state index contributed by atoms with van der Waals surface area (Å²) in [5.41, 5.74) is 3.62. The highest BCUT2D eigenvalue weighted by Gasteiger charge is 2.27. The summed E-state index contributed by atoms with van der Waals surface area (Å²) in [5, 5.41) is 8.06. The van der Waals surface area contributed by atoms with Gasteiger partial charge in [0.25, 0.3) is 0 Å². The van der Waals surface area contributed by atoms with E-state index in [4.69, 9.17) is 0 Å². The molecule has 140 valence electrons. The number of piperidine rings is 1. The Hall–Kier alpha value is -1.56. The maximum atomic E-state index is 4.52. The van der Waals surface area contributed by atoms with E-state index in [1.54, 1.807) is 0 Å². The van der Waals surface area contributed by atoms with Crippen molar-refractivity contribution in [3.63, 3.8) is 0 Å². The van der Waals surface area contributed by atoms with E-state index in [1.807, 2.05) is 18.8 Å². The Morgan fingerprint density at radius 2 is 1.96 bits per heavy atom. The average Bonchev–Trinajstić information content (AvgIpc) is 3.16. The second-order valence-electron chi connectivity index (χ2n) is 7.64. The quantitative estimate of drug-likeness (QED) is 0.668. The van der Waals surface area contributed by atoms with Crippen LogP contribution in [0.25, 0.3) is 0 Å². The molecule has 1 atom stereocenters. The molecule has 1 aromatic rings. The fourth-order valence-electron chi connectivity index (χ4n) is 4.25. The van der Waals surface area contributed by atoms with Gasteiger partial charge in [-0.3, -0.25) is 9.67 Å². The van der Waals surface area contributed by atoms with Crippen LogP contribution in [0.2, 0.25) is 0 Å². The third-order valence-corrected chi connectivity index (χ3v) is 5.84. The van der Waals surface area contributed by atoms with E-state index < -0.39 is 0 Å². The van der Waals surface area contributed by atoms with E-state index in [1.165, 1.54) is 56.6 Å². The summed E-state index contributed by atoms with van der Waals surface area (Å²) in [7, 11) is 3.90. The SMILES string of the molecule is CN=C(NCc1c(C)nn(C)c1C)N1CCC(CN2CCCCC2)C1. The van der Waals surface area contributed by atoms with E-state index in [0.29, 0.717) is 0 Å². The molecule has 0 aromatic carbocycles. The van der Waals surface area contributed by atoms with Crippen molar-refractivity contribution in [2.75, 3.05) is 39.8 Å². The number of aryl methyl sites for hydroxylation is 2. The summed E-state index contributed by atoms with van der Waals surface area (Å²) in [6.07, 6.45) is 5.45. The van der Waals surface area contributed by atoms with Crippen molar-refractivity contribution in [3.05, 3.63) is 17.0 Å². The van der Waals surface area contributed by atoms with Crippen LogP contribution in [0.5, 0.6) is 0 Å². The highest BCUT2D eigenvalue weighted by atomic mass is 15.3. The fraction of sp³-hybridized carbons (Fsp3) is 0.789. The standard InChI is InChI=1S/C19H34N6/c1-15-18(16(2)23(4)22-15)12-21-19(20-3)25-11-8-17(14-25)13-24-9-6-5-7-10-24/h17H,5-14H2,1-4H3,(H,20,21). The molecule has 3 heterocycles. The third-order valence-electron chi connectivity index (χ3n) is 5.84. The molecule has 1 N–H and O–H groups in total. The first-order valence-electron chi connectivity index (χ1n) is 9.75. The molecule has 2 fully saturated rings. The van der Waals surface area contributed by atoms with Crippen molar-refractivity contribution in [1.29, 1.82) is 0 Å². The van der Waals surface area contributed by atoms with E-state index in [9.17, 15) is 0 Å². The second kappa shape index (κ2) is 8.21. The normalized spacial score (nSPS) is 22.6. The van der Waals surface area contributed by atoms with Gasteiger partial charge in [-0.15, -0.1) is 0 Å². The summed E-state index contributed by atoms with van der Waals surface area (Å²) < 4.78 is 1.96. The highest BCUT2D eigenvalue weighted by Crippen LogP contribution is 2.20. The van der Waals surface area contributed by atoms with Crippen molar-refractivity contribution >= 4 is 5.96 Å². The Kier molecular flexibility index (Phi) is 5.99. The molecular formula is C19H34N6. The Balaban J connectivity index is 1.51. The van der Waals surface area contributed by atoms with Crippen LogP contribution in [0.15, 0.2) is 4.99 Å². The molecule has 2 aliphatic heterocycles. The van der Waals surface area contributed by atoms with E-state index in [0.717, 1.165) is 37.2 Å². The number of nitrogens with zero attached hydrogens (tertiary/aromatic N) is 5. The smallest absolute Gasteiger partial charge is 0.193 e. The molecule has 0 bridgehead atoms. The zero-order chi connectivity index (χ0) is 17.8. The first kappa shape index (κ1) is 18.2. The maximum absolute atomic E-state index is 4.52. The highest BCUT2D eigenvalue weighted by molar-refractivity contribution is 5.80.